The molecule has 5 aliphatic rings. The molecule has 0 atom stereocenters. The first-order valence-corrected chi connectivity index (χ1v) is 29.4. The van der Waals surface area contributed by atoms with E-state index in [9.17, 15) is 0 Å². The molecule has 0 unspecified atom stereocenters. The van der Waals surface area contributed by atoms with Crippen LogP contribution >= 0.6 is 0 Å². The number of hydrogen-bond acceptors (Lipinski definition) is 2. The van der Waals surface area contributed by atoms with Crippen molar-refractivity contribution < 1.29 is 0 Å². The molecule has 2 nitrogen and oxygen atoms in total. The molecule has 388 valence electrons. The Morgan fingerprint density at radius 3 is 0.821 bits per heavy atom. The summed E-state index contributed by atoms with van der Waals surface area (Å²) in [6.45, 7) is 0. The summed E-state index contributed by atoms with van der Waals surface area (Å²) in [4.78, 5) is 4.99. The lowest BCUT2D eigenvalue weighted by molar-refractivity contribution is 0.794. The molecule has 0 radical (unpaired) electrons. The third-order valence-corrected chi connectivity index (χ3v) is 19.5. The Morgan fingerprint density at radius 2 is 0.464 bits per heavy atom. The summed E-state index contributed by atoms with van der Waals surface area (Å²) in [6.07, 6.45) is 0. The maximum Gasteiger partial charge on any atom is 0.0726 e. The van der Waals surface area contributed by atoms with Crippen molar-refractivity contribution in [1.29, 1.82) is 0 Å². The second-order valence-electron chi connectivity index (χ2n) is 23.4. The minimum Gasteiger partial charge on any atom is -0.310 e. The van der Waals surface area contributed by atoms with Crippen molar-refractivity contribution in [3.05, 3.63) is 348 Å². The Hall–Kier alpha value is -10.8. The van der Waals surface area contributed by atoms with Gasteiger partial charge in [0, 0.05) is 33.9 Å². The molecule has 14 aromatic rings. The van der Waals surface area contributed by atoms with Gasteiger partial charge in [0.25, 0.3) is 0 Å². The van der Waals surface area contributed by atoms with E-state index in [-0.39, 0.29) is 0 Å². The van der Waals surface area contributed by atoms with Crippen LogP contribution in [0.1, 0.15) is 44.5 Å². The molecule has 5 aliphatic carbocycles. The zero-order chi connectivity index (χ0) is 54.8. The Kier molecular flexibility index (Phi) is 9.23. The standard InChI is InChI=1S/C82H50N2/c1-3-21-55(22-4-1)83(77-39-19-37-75-79(77)63-29-11-17-35-73(63)81(75)69-31-13-7-25-59(69)60-26-8-14-32-70(60)81)57-43-41-51-47-65-66-48-52-42-44-58(46-54(52)50-68(66)67(65)49-53(51)45-57)84(56-23-5-2-6-24-56)78-40-20-38-76-80(78)64-30-12-18-36-74(64)82(76)71-33-15-9-27-61(71)62-28-10-16-34-72(62)82/h1-50H. The molecule has 0 saturated carbocycles. The number of nitrogens with zero attached hydrogens (tertiary/aromatic N) is 2. The summed E-state index contributed by atoms with van der Waals surface area (Å²) < 4.78 is 0. The highest BCUT2D eigenvalue weighted by Gasteiger charge is 2.54. The van der Waals surface area contributed by atoms with Crippen molar-refractivity contribution in [2.75, 3.05) is 9.80 Å². The summed E-state index contributed by atoms with van der Waals surface area (Å²) in [7, 11) is 0. The maximum atomic E-state index is 2.49. The quantitative estimate of drug-likeness (QED) is 0.164. The molecule has 0 N–H and O–H groups in total. The Balaban J connectivity index is 0.745. The first-order valence-electron chi connectivity index (χ1n) is 29.4. The van der Waals surface area contributed by atoms with Crippen molar-refractivity contribution in [2.24, 2.45) is 0 Å². The average Bonchev–Trinajstić information content (AvgIpc) is 1.54. The number of hydrogen-bond donors (Lipinski definition) is 0. The number of rotatable bonds is 6. The summed E-state index contributed by atoms with van der Waals surface area (Å²) in [6, 6.07) is 114. The van der Waals surface area contributed by atoms with Gasteiger partial charge in [0.05, 0.1) is 22.2 Å². The smallest absolute Gasteiger partial charge is 0.0726 e. The lowest BCUT2D eigenvalue weighted by Gasteiger charge is -2.32. The SMILES string of the molecule is c1ccc(N(c2ccc3cc4c(cc3c2)-c2cc3cc(N(c5ccccc5)c5cccc6c5-c5ccccc5C65c6ccccc6-c6ccccc65)ccc3cc2-4)c2cccc3c2-c2ccccc2C32c3ccccc3-c3ccccc32)cc1. The molecule has 2 heteroatoms. The molecular weight excluding hydrogens is 1010 g/mol. The van der Waals surface area contributed by atoms with Gasteiger partial charge in [-0.2, -0.15) is 0 Å². The van der Waals surface area contributed by atoms with Crippen LogP contribution in [0.3, 0.4) is 0 Å². The van der Waals surface area contributed by atoms with E-state index in [0.29, 0.717) is 0 Å². The highest BCUT2D eigenvalue weighted by atomic mass is 15.2. The van der Waals surface area contributed by atoms with Crippen LogP contribution in [0.25, 0.3) is 88.3 Å². The second kappa shape index (κ2) is 16.9. The van der Waals surface area contributed by atoms with Gasteiger partial charge in [0.1, 0.15) is 0 Å². The van der Waals surface area contributed by atoms with E-state index in [1.54, 1.807) is 0 Å². The van der Waals surface area contributed by atoms with Crippen molar-refractivity contribution in [3.8, 4) is 66.8 Å². The van der Waals surface area contributed by atoms with Crippen LogP contribution in [-0.4, -0.2) is 0 Å². The summed E-state index contributed by atoms with van der Waals surface area (Å²) >= 11 is 0. The van der Waals surface area contributed by atoms with E-state index in [1.165, 1.54) is 144 Å². The van der Waals surface area contributed by atoms with Crippen LogP contribution in [0.2, 0.25) is 0 Å². The van der Waals surface area contributed by atoms with Crippen LogP contribution < -0.4 is 9.80 Å². The number of fused-ring (bicyclic) bond motifs is 26. The van der Waals surface area contributed by atoms with Gasteiger partial charge in [0.15, 0.2) is 0 Å². The van der Waals surface area contributed by atoms with Gasteiger partial charge in [-0.15, -0.1) is 0 Å². The third-order valence-electron chi connectivity index (χ3n) is 19.5. The predicted octanol–water partition coefficient (Wildman–Crippen LogP) is 21.3. The van der Waals surface area contributed by atoms with Crippen molar-refractivity contribution in [2.45, 2.75) is 10.8 Å². The largest absolute Gasteiger partial charge is 0.310 e. The van der Waals surface area contributed by atoms with Crippen molar-refractivity contribution in [1.82, 2.24) is 0 Å². The zero-order valence-corrected chi connectivity index (χ0v) is 45.8. The normalized spacial score (nSPS) is 13.9. The van der Waals surface area contributed by atoms with Gasteiger partial charge in [-0.05, 0) is 207 Å². The first-order chi connectivity index (χ1) is 41.7. The fourth-order valence-electron chi connectivity index (χ4n) is 16.3. The van der Waals surface area contributed by atoms with Gasteiger partial charge < -0.3 is 9.80 Å². The van der Waals surface area contributed by atoms with E-state index in [2.05, 4.69) is 313 Å². The fraction of sp³-hybridized carbons (Fsp3) is 0.0244. The van der Waals surface area contributed by atoms with E-state index >= 15 is 0 Å². The monoisotopic (exact) mass is 1060 g/mol. The molecule has 0 aromatic heterocycles. The molecule has 19 rings (SSSR count). The highest BCUT2D eigenvalue weighted by Crippen LogP contribution is 2.67. The number of anilines is 6. The van der Waals surface area contributed by atoms with Gasteiger partial charge in [-0.25, -0.2) is 0 Å². The fourth-order valence-corrected chi connectivity index (χ4v) is 16.3. The molecule has 0 fully saturated rings. The molecule has 0 heterocycles. The Labute approximate surface area is 488 Å². The molecule has 2 spiro atoms. The van der Waals surface area contributed by atoms with Crippen LogP contribution in [0.15, 0.2) is 303 Å². The van der Waals surface area contributed by atoms with Gasteiger partial charge in [-0.1, -0.05) is 218 Å². The van der Waals surface area contributed by atoms with E-state index in [1.807, 2.05) is 0 Å². The summed E-state index contributed by atoms with van der Waals surface area (Å²) in [5.41, 5.74) is 32.3. The van der Waals surface area contributed by atoms with Crippen LogP contribution in [0.4, 0.5) is 34.1 Å². The van der Waals surface area contributed by atoms with E-state index in [4.69, 9.17) is 0 Å². The molecule has 0 amide bonds. The Morgan fingerprint density at radius 1 is 0.179 bits per heavy atom. The molecule has 0 aliphatic heterocycles. The molecule has 0 bridgehead atoms. The lowest BCUT2D eigenvalue weighted by Crippen LogP contribution is -2.26. The highest BCUT2D eigenvalue weighted by molar-refractivity contribution is 6.13. The van der Waals surface area contributed by atoms with Gasteiger partial charge in [0.2, 0.25) is 0 Å². The van der Waals surface area contributed by atoms with Crippen LogP contribution in [0.5, 0.6) is 0 Å². The molecular formula is C82H50N2. The first kappa shape index (κ1) is 45.9. The van der Waals surface area contributed by atoms with Crippen molar-refractivity contribution >= 4 is 55.7 Å². The molecule has 14 aromatic carbocycles. The molecule has 84 heavy (non-hydrogen) atoms. The third kappa shape index (κ3) is 5.84. The van der Waals surface area contributed by atoms with Gasteiger partial charge >= 0.3 is 0 Å². The molecule has 0 saturated heterocycles. The number of para-hydroxylation sites is 2. The summed E-state index contributed by atoms with van der Waals surface area (Å²) in [5, 5.41) is 4.90. The van der Waals surface area contributed by atoms with Crippen LogP contribution in [0, 0.1) is 0 Å². The predicted molar refractivity (Wildman–Crippen MR) is 348 cm³/mol. The second-order valence-corrected chi connectivity index (χ2v) is 23.4. The minimum absolute atomic E-state index is 0.436. The maximum absolute atomic E-state index is 2.49. The number of benzene rings is 14. The van der Waals surface area contributed by atoms with E-state index in [0.717, 1.165) is 22.7 Å². The zero-order valence-electron chi connectivity index (χ0n) is 45.8. The topological polar surface area (TPSA) is 6.48 Å². The lowest BCUT2D eigenvalue weighted by atomic mass is 9.70. The van der Waals surface area contributed by atoms with Crippen molar-refractivity contribution in [3.63, 3.8) is 0 Å². The summed E-state index contributed by atoms with van der Waals surface area (Å²) in [5.74, 6) is 0. The average molecular weight is 1060 g/mol. The van der Waals surface area contributed by atoms with Crippen LogP contribution in [-0.2, 0) is 10.8 Å². The van der Waals surface area contributed by atoms with Gasteiger partial charge in [-0.3, -0.25) is 0 Å². The Bertz CT molecular complexity index is 4750. The minimum atomic E-state index is -0.436. The van der Waals surface area contributed by atoms with E-state index < -0.39 is 10.8 Å².